The van der Waals surface area contributed by atoms with Gasteiger partial charge in [0, 0.05) is 13.1 Å². The van der Waals surface area contributed by atoms with Gasteiger partial charge in [0.05, 0.1) is 10.7 Å². The summed E-state index contributed by atoms with van der Waals surface area (Å²) in [5, 5.41) is 7.61. The van der Waals surface area contributed by atoms with Crippen LogP contribution in [-0.4, -0.2) is 46.8 Å². The standard InChI is InChI=1S/C12H19ClN4O/c1-8-10(13)11(15-17(8)3)12(18)14-9-4-6-16(2)7-5-9/h9H,4-7H2,1-3H3,(H,14,18). The van der Waals surface area contributed by atoms with Crippen LogP contribution < -0.4 is 5.32 Å². The maximum absolute atomic E-state index is 12.1. The smallest absolute Gasteiger partial charge is 0.273 e. The fraction of sp³-hybridized carbons (Fsp3) is 0.667. The maximum atomic E-state index is 12.1. The van der Waals surface area contributed by atoms with E-state index in [9.17, 15) is 4.79 Å². The third kappa shape index (κ3) is 2.67. The molecule has 0 spiro atoms. The number of nitrogens with one attached hydrogen (secondary N) is 1. The summed E-state index contributed by atoms with van der Waals surface area (Å²) in [4.78, 5) is 14.4. The van der Waals surface area contributed by atoms with Crippen molar-refractivity contribution in [3.05, 3.63) is 16.4 Å². The summed E-state index contributed by atoms with van der Waals surface area (Å²) in [6.07, 6.45) is 1.96. The largest absolute Gasteiger partial charge is 0.348 e. The summed E-state index contributed by atoms with van der Waals surface area (Å²) < 4.78 is 1.63. The molecule has 1 aliphatic heterocycles. The van der Waals surface area contributed by atoms with Gasteiger partial charge in [-0.05, 0) is 39.9 Å². The number of carbonyl (C=O) groups is 1. The summed E-state index contributed by atoms with van der Waals surface area (Å²) in [6, 6.07) is 0.229. The highest BCUT2D eigenvalue weighted by atomic mass is 35.5. The summed E-state index contributed by atoms with van der Waals surface area (Å²) in [6.45, 7) is 3.88. The van der Waals surface area contributed by atoms with Gasteiger partial charge < -0.3 is 10.2 Å². The van der Waals surface area contributed by atoms with Gasteiger partial charge in [0.15, 0.2) is 5.69 Å². The van der Waals surface area contributed by atoms with Crippen LogP contribution in [0.15, 0.2) is 0 Å². The number of carbonyl (C=O) groups excluding carboxylic acids is 1. The molecule has 1 aromatic rings. The third-order valence-corrected chi connectivity index (χ3v) is 3.98. The first-order chi connectivity index (χ1) is 8.49. The number of nitrogens with zero attached hydrogens (tertiary/aromatic N) is 3. The SMILES string of the molecule is Cc1c(Cl)c(C(=O)NC2CCN(C)CC2)nn1C. The van der Waals surface area contributed by atoms with Crippen LogP contribution in [0.5, 0.6) is 0 Å². The van der Waals surface area contributed by atoms with Gasteiger partial charge in [-0.1, -0.05) is 11.6 Å². The Kier molecular flexibility index (Phi) is 3.92. The van der Waals surface area contributed by atoms with Crippen molar-refractivity contribution in [2.24, 2.45) is 7.05 Å². The van der Waals surface area contributed by atoms with Crippen molar-refractivity contribution in [1.29, 1.82) is 0 Å². The average Bonchev–Trinajstić information content (AvgIpc) is 2.60. The van der Waals surface area contributed by atoms with E-state index in [0.717, 1.165) is 31.6 Å². The van der Waals surface area contributed by atoms with Crippen LogP contribution in [-0.2, 0) is 7.05 Å². The lowest BCUT2D eigenvalue weighted by Crippen LogP contribution is -2.43. The Hall–Kier alpha value is -1.07. The van der Waals surface area contributed by atoms with Crippen LogP contribution in [0, 0.1) is 6.92 Å². The van der Waals surface area contributed by atoms with Crippen molar-refractivity contribution < 1.29 is 4.79 Å². The molecule has 0 bridgehead atoms. The normalized spacial score (nSPS) is 18.0. The number of aryl methyl sites for hydroxylation is 1. The molecule has 0 radical (unpaired) electrons. The third-order valence-electron chi connectivity index (χ3n) is 3.53. The van der Waals surface area contributed by atoms with Gasteiger partial charge in [0.25, 0.3) is 5.91 Å². The van der Waals surface area contributed by atoms with E-state index in [1.807, 2.05) is 6.92 Å². The Bertz CT molecular complexity index is 449. The highest BCUT2D eigenvalue weighted by molar-refractivity contribution is 6.34. The minimum absolute atomic E-state index is 0.168. The Balaban J connectivity index is 2.01. The number of rotatable bonds is 2. The first kappa shape index (κ1) is 13.4. The van der Waals surface area contributed by atoms with Crippen molar-refractivity contribution in [3.8, 4) is 0 Å². The van der Waals surface area contributed by atoms with Gasteiger partial charge >= 0.3 is 0 Å². The minimum Gasteiger partial charge on any atom is -0.348 e. The van der Waals surface area contributed by atoms with Gasteiger partial charge in [-0.3, -0.25) is 9.48 Å². The predicted molar refractivity (Wildman–Crippen MR) is 70.9 cm³/mol. The summed E-state index contributed by atoms with van der Waals surface area (Å²) in [5.74, 6) is -0.168. The van der Waals surface area contributed by atoms with Crippen LogP contribution in [0.4, 0.5) is 0 Å². The Morgan fingerprint density at radius 1 is 1.39 bits per heavy atom. The zero-order valence-corrected chi connectivity index (χ0v) is 11.8. The summed E-state index contributed by atoms with van der Waals surface area (Å²) in [7, 11) is 3.88. The van der Waals surface area contributed by atoms with E-state index < -0.39 is 0 Å². The maximum Gasteiger partial charge on any atom is 0.273 e. The molecule has 2 rings (SSSR count). The zero-order valence-electron chi connectivity index (χ0n) is 11.0. The van der Waals surface area contributed by atoms with Crippen molar-refractivity contribution in [2.75, 3.05) is 20.1 Å². The van der Waals surface area contributed by atoms with Crippen molar-refractivity contribution >= 4 is 17.5 Å². The summed E-state index contributed by atoms with van der Waals surface area (Å²) >= 11 is 6.10. The molecule has 0 unspecified atom stereocenters. The van der Waals surface area contributed by atoms with Gasteiger partial charge in [0.1, 0.15) is 0 Å². The molecule has 0 aliphatic carbocycles. The van der Waals surface area contributed by atoms with Crippen LogP contribution in [0.25, 0.3) is 0 Å². The van der Waals surface area contributed by atoms with Crippen LogP contribution in [0.1, 0.15) is 29.0 Å². The van der Waals surface area contributed by atoms with Gasteiger partial charge in [-0.25, -0.2) is 0 Å². The first-order valence-electron chi connectivity index (χ1n) is 6.17. The van der Waals surface area contributed by atoms with Crippen molar-refractivity contribution in [3.63, 3.8) is 0 Å². The quantitative estimate of drug-likeness (QED) is 0.879. The second-order valence-corrected chi connectivity index (χ2v) is 5.30. The molecule has 18 heavy (non-hydrogen) atoms. The molecule has 2 heterocycles. The second kappa shape index (κ2) is 5.28. The van der Waals surface area contributed by atoms with Gasteiger partial charge in [-0.15, -0.1) is 0 Å². The highest BCUT2D eigenvalue weighted by Gasteiger charge is 2.23. The monoisotopic (exact) mass is 270 g/mol. The fourth-order valence-electron chi connectivity index (χ4n) is 2.13. The van der Waals surface area contributed by atoms with E-state index in [4.69, 9.17) is 11.6 Å². The number of hydrogen-bond donors (Lipinski definition) is 1. The predicted octanol–water partition coefficient (Wildman–Crippen LogP) is 1.21. The molecule has 1 aliphatic rings. The number of hydrogen-bond acceptors (Lipinski definition) is 3. The molecule has 0 aromatic carbocycles. The molecule has 1 fully saturated rings. The first-order valence-corrected chi connectivity index (χ1v) is 6.55. The topological polar surface area (TPSA) is 50.2 Å². The molecule has 1 amide bonds. The molecule has 0 saturated carbocycles. The van der Waals surface area contributed by atoms with E-state index in [0.29, 0.717) is 10.7 Å². The molecule has 100 valence electrons. The van der Waals surface area contributed by atoms with E-state index in [-0.39, 0.29) is 11.9 Å². The number of halogens is 1. The van der Waals surface area contributed by atoms with Crippen molar-refractivity contribution in [2.45, 2.75) is 25.8 Å². The molecule has 0 atom stereocenters. The van der Waals surface area contributed by atoms with Crippen LogP contribution in [0.3, 0.4) is 0 Å². The molecule has 1 aromatic heterocycles. The van der Waals surface area contributed by atoms with Crippen LogP contribution >= 0.6 is 11.6 Å². The number of likely N-dealkylation sites (tertiary alicyclic amines) is 1. The van der Waals surface area contributed by atoms with Crippen molar-refractivity contribution in [1.82, 2.24) is 20.0 Å². The zero-order chi connectivity index (χ0) is 13.3. The van der Waals surface area contributed by atoms with E-state index >= 15 is 0 Å². The lowest BCUT2D eigenvalue weighted by Gasteiger charge is -2.29. The van der Waals surface area contributed by atoms with E-state index in [1.165, 1.54) is 0 Å². The van der Waals surface area contributed by atoms with E-state index in [2.05, 4.69) is 22.4 Å². The average molecular weight is 271 g/mol. The fourth-order valence-corrected chi connectivity index (χ4v) is 2.38. The molecule has 5 nitrogen and oxygen atoms in total. The van der Waals surface area contributed by atoms with Gasteiger partial charge in [-0.2, -0.15) is 5.10 Å². The van der Waals surface area contributed by atoms with Gasteiger partial charge in [0.2, 0.25) is 0 Å². The molecular weight excluding hydrogens is 252 g/mol. The molecule has 1 N–H and O–H groups in total. The number of aromatic nitrogens is 2. The number of amides is 1. The number of piperidine rings is 1. The Morgan fingerprint density at radius 2 is 2.00 bits per heavy atom. The lowest BCUT2D eigenvalue weighted by molar-refractivity contribution is 0.0911. The lowest BCUT2D eigenvalue weighted by atomic mass is 10.1. The van der Waals surface area contributed by atoms with Crippen LogP contribution in [0.2, 0.25) is 5.02 Å². The highest BCUT2D eigenvalue weighted by Crippen LogP contribution is 2.19. The van der Waals surface area contributed by atoms with E-state index in [1.54, 1.807) is 11.7 Å². The summed E-state index contributed by atoms with van der Waals surface area (Å²) in [5.41, 5.74) is 1.14. The minimum atomic E-state index is -0.168. The molecule has 1 saturated heterocycles. The Labute approximate surface area is 112 Å². The molecule has 6 heteroatoms. The second-order valence-electron chi connectivity index (χ2n) is 4.92. The molecular formula is C12H19ClN4O. The Morgan fingerprint density at radius 3 is 2.50 bits per heavy atom.